The van der Waals surface area contributed by atoms with Crippen molar-refractivity contribution in [3.63, 3.8) is 0 Å². The zero-order valence-electron chi connectivity index (χ0n) is 15.1. The zero-order valence-corrected chi connectivity index (χ0v) is 16.6. The second-order valence-corrected chi connectivity index (χ2v) is 7.32. The summed E-state index contributed by atoms with van der Waals surface area (Å²) in [4.78, 5) is 37.5. The van der Waals surface area contributed by atoms with E-state index in [4.69, 9.17) is 27.9 Å². The second-order valence-electron chi connectivity index (χ2n) is 6.48. The van der Waals surface area contributed by atoms with Crippen molar-refractivity contribution in [2.75, 3.05) is 7.11 Å². The van der Waals surface area contributed by atoms with Gasteiger partial charge in [0.05, 0.1) is 6.10 Å². The van der Waals surface area contributed by atoms with Gasteiger partial charge in [-0.05, 0) is 37.1 Å². The minimum Gasteiger partial charge on any atom is -0.480 e. The molecule has 7 nitrogen and oxygen atoms in total. The van der Waals surface area contributed by atoms with Crippen LogP contribution < -0.4 is 5.32 Å². The van der Waals surface area contributed by atoms with Crippen molar-refractivity contribution in [3.05, 3.63) is 33.8 Å². The number of aliphatic carboxylic acids is 1. The number of amides is 2. The van der Waals surface area contributed by atoms with Crippen LogP contribution in [0.1, 0.15) is 31.7 Å². The highest BCUT2D eigenvalue weighted by molar-refractivity contribution is 6.33. The number of hydrogen-bond acceptors (Lipinski definition) is 4. The van der Waals surface area contributed by atoms with Crippen molar-refractivity contribution in [1.82, 2.24) is 10.2 Å². The van der Waals surface area contributed by atoms with Crippen LogP contribution in [0.3, 0.4) is 0 Å². The Balaban J connectivity index is 2.06. The number of carbonyl (C=O) groups excluding carboxylic acids is 2. The first-order chi connectivity index (χ1) is 12.7. The molecule has 1 heterocycles. The molecular formula is C18H22Cl2N2O5. The Labute approximate surface area is 167 Å². The van der Waals surface area contributed by atoms with Crippen LogP contribution in [0.4, 0.5) is 0 Å². The van der Waals surface area contributed by atoms with Crippen molar-refractivity contribution in [2.24, 2.45) is 0 Å². The van der Waals surface area contributed by atoms with E-state index in [1.165, 1.54) is 7.11 Å². The first-order valence-electron chi connectivity index (χ1n) is 8.51. The number of benzene rings is 1. The zero-order chi connectivity index (χ0) is 20.1. The van der Waals surface area contributed by atoms with Gasteiger partial charge in [-0.15, -0.1) is 0 Å². The van der Waals surface area contributed by atoms with Gasteiger partial charge in [-0.1, -0.05) is 23.2 Å². The third kappa shape index (κ3) is 5.57. The summed E-state index contributed by atoms with van der Waals surface area (Å²) in [7, 11) is 1.37. The van der Waals surface area contributed by atoms with Gasteiger partial charge in [0.15, 0.2) is 6.04 Å². The Morgan fingerprint density at radius 2 is 2.11 bits per heavy atom. The van der Waals surface area contributed by atoms with Crippen LogP contribution in [0.25, 0.3) is 0 Å². The quantitative estimate of drug-likeness (QED) is 0.678. The molecule has 1 aromatic rings. The van der Waals surface area contributed by atoms with E-state index in [9.17, 15) is 19.5 Å². The summed E-state index contributed by atoms with van der Waals surface area (Å²) in [5, 5.41) is 12.7. The molecule has 1 aliphatic rings. The van der Waals surface area contributed by atoms with Gasteiger partial charge in [0, 0.05) is 42.6 Å². The van der Waals surface area contributed by atoms with Crippen LogP contribution in [0.15, 0.2) is 18.2 Å². The molecule has 0 unspecified atom stereocenters. The summed E-state index contributed by atoms with van der Waals surface area (Å²) in [5.41, 5.74) is 0.696. The molecule has 1 saturated heterocycles. The minimum absolute atomic E-state index is 0.00411. The fourth-order valence-electron chi connectivity index (χ4n) is 3.03. The van der Waals surface area contributed by atoms with Crippen LogP contribution in [0, 0.1) is 0 Å². The predicted molar refractivity (Wildman–Crippen MR) is 101 cm³/mol. The van der Waals surface area contributed by atoms with Crippen molar-refractivity contribution in [1.29, 1.82) is 0 Å². The number of rotatable bonds is 8. The third-order valence-electron chi connectivity index (χ3n) is 4.65. The number of carboxylic acids is 1. The highest BCUT2D eigenvalue weighted by atomic mass is 35.5. The molecule has 0 radical (unpaired) electrons. The first kappa shape index (κ1) is 21.5. The van der Waals surface area contributed by atoms with Gasteiger partial charge in [-0.25, -0.2) is 4.79 Å². The van der Waals surface area contributed by atoms with E-state index in [-0.39, 0.29) is 24.9 Å². The Morgan fingerprint density at radius 3 is 2.74 bits per heavy atom. The summed E-state index contributed by atoms with van der Waals surface area (Å²) in [6, 6.07) is 3.52. The molecule has 2 rings (SSSR count). The summed E-state index contributed by atoms with van der Waals surface area (Å²) < 4.78 is 5.00. The second kappa shape index (κ2) is 9.39. The Bertz CT molecular complexity index is 728. The summed E-state index contributed by atoms with van der Waals surface area (Å²) in [6.45, 7) is 1.80. The average Bonchev–Trinajstić information content (AvgIpc) is 2.95. The highest BCUT2D eigenvalue weighted by Gasteiger charge is 2.34. The van der Waals surface area contributed by atoms with E-state index in [1.54, 1.807) is 30.0 Å². The SMILES string of the molecule is CO[C@H](C)[C@H](NC(=O)C[C@@H]1CCC(=O)N1Cc1cc(Cl)ccc1Cl)C(=O)O. The van der Waals surface area contributed by atoms with Gasteiger partial charge >= 0.3 is 5.97 Å². The molecule has 2 N–H and O–H groups in total. The molecule has 0 bridgehead atoms. The molecular weight excluding hydrogens is 395 g/mol. The number of ether oxygens (including phenoxy) is 1. The molecule has 1 aliphatic heterocycles. The first-order valence-corrected chi connectivity index (χ1v) is 9.27. The van der Waals surface area contributed by atoms with E-state index < -0.39 is 24.0 Å². The lowest BCUT2D eigenvalue weighted by Crippen LogP contribution is -2.49. The standard InChI is InChI=1S/C18H22Cl2N2O5/c1-10(27-2)17(18(25)26)21-15(23)8-13-4-6-16(24)22(13)9-11-7-12(19)3-5-14(11)20/h3,5,7,10,13,17H,4,6,8-9H2,1-2H3,(H,21,23)(H,25,26)/t10-,13+,17+/m1/s1. The number of likely N-dealkylation sites (tertiary alicyclic amines) is 1. The lowest BCUT2D eigenvalue weighted by Gasteiger charge is -2.26. The average molecular weight is 417 g/mol. The molecule has 9 heteroatoms. The fraction of sp³-hybridized carbons (Fsp3) is 0.500. The topological polar surface area (TPSA) is 95.9 Å². The molecule has 27 heavy (non-hydrogen) atoms. The van der Waals surface area contributed by atoms with Crippen LogP contribution in [-0.4, -0.2) is 53.1 Å². The fourth-order valence-corrected chi connectivity index (χ4v) is 3.41. The van der Waals surface area contributed by atoms with Crippen molar-refractivity contribution >= 4 is 41.0 Å². The van der Waals surface area contributed by atoms with Crippen LogP contribution in [-0.2, 0) is 25.7 Å². The maximum Gasteiger partial charge on any atom is 0.328 e. The van der Waals surface area contributed by atoms with Crippen molar-refractivity contribution in [2.45, 2.75) is 50.9 Å². The number of nitrogens with zero attached hydrogens (tertiary/aromatic N) is 1. The Morgan fingerprint density at radius 1 is 1.41 bits per heavy atom. The molecule has 0 aromatic heterocycles. The van der Waals surface area contributed by atoms with E-state index in [0.29, 0.717) is 28.5 Å². The largest absolute Gasteiger partial charge is 0.480 e. The normalized spacial score (nSPS) is 19.0. The lowest BCUT2D eigenvalue weighted by atomic mass is 10.1. The monoisotopic (exact) mass is 416 g/mol. The van der Waals surface area contributed by atoms with Gasteiger partial charge in [-0.2, -0.15) is 0 Å². The predicted octanol–water partition coefficient (Wildman–Crippen LogP) is 2.48. The molecule has 0 saturated carbocycles. The third-order valence-corrected chi connectivity index (χ3v) is 5.25. The van der Waals surface area contributed by atoms with E-state index >= 15 is 0 Å². The van der Waals surface area contributed by atoms with E-state index in [2.05, 4.69) is 5.32 Å². The van der Waals surface area contributed by atoms with Gasteiger partial charge in [0.2, 0.25) is 11.8 Å². The van der Waals surface area contributed by atoms with E-state index in [1.807, 2.05) is 0 Å². The lowest BCUT2D eigenvalue weighted by molar-refractivity contribution is -0.145. The molecule has 0 aliphatic carbocycles. The summed E-state index contributed by atoms with van der Waals surface area (Å²) in [6.07, 6.45) is 0.164. The number of halogens is 2. The highest BCUT2D eigenvalue weighted by Crippen LogP contribution is 2.28. The molecule has 1 fully saturated rings. The summed E-state index contributed by atoms with van der Waals surface area (Å²) >= 11 is 12.2. The van der Waals surface area contributed by atoms with Crippen molar-refractivity contribution < 1.29 is 24.2 Å². The number of carboxylic acid groups (broad SMARTS) is 1. The smallest absolute Gasteiger partial charge is 0.328 e. The van der Waals surface area contributed by atoms with Gasteiger partial charge in [-0.3, -0.25) is 9.59 Å². The molecule has 1 aromatic carbocycles. The molecule has 3 atom stereocenters. The summed E-state index contributed by atoms with van der Waals surface area (Å²) in [5.74, 6) is -1.71. The van der Waals surface area contributed by atoms with Crippen LogP contribution in [0.5, 0.6) is 0 Å². The van der Waals surface area contributed by atoms with Crippen LogP contribution >= 0.6 is 23.2 Å². The Kier molecular flexibility index (Phi) is 7.47. The molecule has 0 spiro atoms. The number of carbonyl (C=O) groups is 3. The van der Waals surface area contributed by atoms with E-state index in [0.717, 1.165) is 0 Å². The maximum absolute atomic E-state index is 12.3. The van der Waals surface area contributed by atoms with Gasteiger partial charge in [0.1, 0.15) is 0 Å². The Hall–Kier alpha value is -1.83. The molecule has 2 amide bonds. The van der Waals surface area contributed by atoms with Gasteiger partial charge in [0.25, 0.3) is 0 Å². The minimum atomic E-state index is -1.18. The number of hydrogen-bond donors (Lipinski definition) is 2. The molecule has 148 valence electrons. The number of nitrogens with one attached hydrogen (secondary N) is 1. The van der Waals surface area contributed by atoms with Crippen LogP contribution in [0.2, 0.25) is 10.0 Å². The van der Waals surface area contributed by atoms with Gasteiger partial charge < -0.3 is 20.1 Å². The maximum atomic E-state index is 12.3. The van der Waals surface area contributed by atoms with Crippen molar-refractivity contribution in [3.8, 4) is 0 Å². The number of methoxy groups -OCH3 is 1.